The summed E-state index contributed by atoms with van der Waals surface area (Å²) in [5.74, 6) is -0.0286. The Balaban J connectivity index is 1.68. The Morgan fingerprint density at radius 1 is 1.30 bits per heavy atom. The van der Waals surface area contributed by atoms with Crippen LogP contribution in [0.5, 0.6) is 0 Å². The van der Waals surface area contributed by atoms with E-state index in [0.717, 1.165) is 23.8 Å². The van der Waals surface area contributed by atoms with Crippen LogP contribution in [0.25, 0.3) is 0 Å². The Labute approximate surface area is 120 Å². The maximum absolute atomic E-state index is 11.7. The number of hydrogen-bond donors (Lipinski definition) is 2. The number of nitrogens with zero attached hydrogens (tertiary/aromatic N) is 1. The molecule has 4 heteroatoms. The summed E-state index contributed by atoms with van der Waals surface area (Å²) in [4.78, 5) is 14.3. The molecule has 2 N–H and O–H groups in total. The molecule has 1 aliphatic heterocycles. The summed E-state index contributed by atoms with van der Waals surface area (Å²) in [7, 11) is 1.67. The van der Waals surface area contributed by atoms with Gasteiger partial charge in [0.2, 0.25) is 0 Å². The number of carbonyl (C=O) groups excluding carboxylic acids is 1. The van der Waals surface area contributed by atoms with Crippen LogP contribution in [0.4, 0.5) is 5.69 Å². The second-order valence-corrected chi connectivity index (χ2v) is 5.96. The summed E-state index contributed by atoms with van der Waals surface area (Å²) >= 11 is 0. The second-order valence-electron chi connectivity index (χ2n) is 5.96. The van der Waals surface area contributed by atoms with Crippen molar-refractivity contribution in [1.29, 1.82) is 0 Å². The van der Waals surface area contributed by atoms with Crippen molar-refractivity contribution in [3.8, 4) is 0 Å². The predicted molar refractivity (Wildman–Crippen MR) is 81.2 cm³/mol. The van der Waals surface area contributed by atoms with Gasteiger partial charge in [-0.1, -0.05) is 6.07 Å². The van der Waals surface area contributed by atoms with Gasteiger partial charge in [0.15, 0.2) is 0 Å². The smallest absolute Gasteiger partial charge is 0.251 e. The summed E-state index contributed by atoms with van der Waals surface area (Å²) in [6.45, 7) is 4.43. The Bertz CT molecular complexity index is 510. The number of carbonyl (C=O) groups is 1. The van der Waals surface area contributed by atoms with Crippen molar-refractivity contribution in [3.05, 3.63) is 29.3 Å². The summed E-state index contributed by atoms with van der Waals surface area (Å²) in [6.07, 6.45) is 3.94. The number of likely N-dealkylation sites (tertiary alicyclic amines) is 1. The standard InChI is InChI=1S/C16H23N3O/c1-11-3-4-12(16(20)17-2)9-15(11)18-13-7-8-19(10-13)14-5-6-14/h3-4,9,13-14,18H,5-8,10H2,1-2H3,(H,17,20). The van der Waals surface area contributed by atoms with Crippen molar-refractivity contribution < 1.29 is 4.79 Å². The molecule has 0 spiro atoms. The molecule has 1 amide bonds. The SMILES string of the molecule is CNC(=O)c1ccc(C)c(NC2CCN(C3CC3)C2)c1. The number of nitrogens with one attached hydrogen (secondary N) is 2. The third kappa shape index (κ3) is 2.80. The van der Waals surface area contributed by atoms with Crippen LogP contribution in [0.3, 0.4) is 0 Å². The van der Waals surface area contributed by atoms with Gasteiger partial charge in [0, 0.05) is 43.5 Å². The molecule has 0 bridgehead atoms. The molecular formula is C16H23N3O. The normalized spacial score (nSPS) is 22.8. The molecule has 1 unspecified atom stereocenters. The van der Waals surface area contributed by atoms with Gasteiger partial charge in [-0.25, -0.2) is 0 Å². The van der Waals surface area contributed by atoms with E-state index in [1.54, 1.807) is 7.05 Å². The summed E-state index contributed by atoms with van der Waals surface area (Å²) < 4.78 is 0. The molecule has 1 aromatic rings. The molecule has 2 fully saturated rings. The van der Waals surface area contributed by atoms with Gasteiger partial charge in [-0.05, 0) is 43.9 Å². The molecule has 108 valence electrons. The van der Waals surface area contributed by atoms with Crippen LogP contribution in [0.2, 0.25) is 0 Å². The van der Waals surface area contributed by atoms with Gasteiger partial charge in [-0.15, -0.1) is 0 Å². The van der Waals surface area contributed by atoms with Gasteiger partial charge in [0.25, 0.3) is 5.91 Å². The minimum absolute atomic E-state index is 0.0286. The predicted octanol–water partition coefficient (Wildman–Crippen LogP) is 2.00. The average molecular weight is 273 g/mol. The summed E-state index contributed by atoms with van der Waals surface area (Å²) in [6, 6.07) is 7.22. The Kier molecular flexibility index (Phi) is 3.66. The number of rotatable bonds is 4. The Hall–Kier alpha value is -1.55. The highest BCUT2D eigenvalue weighted by atomic mass is 16.1. The molecule has 1 aliphatic carbocycles. The fraction of sp³-hybridized carbons (Fsp3) is 0.562. The van der Waals surface area contributed by atoms with E-state index >= 15 is 0 Å². The molecule has 2 aliphatic rings. The van der Waals surface area contributed by atoms with Crippen molar-refractivity contribution in [2.45, 2.75) is 38.3 Å². The number of benzene rings is 1. The van der Waals surface area contributed by atoms with Gasteiger partial charge in [-0.3, -0.25) is 9.69 Å². The zero-order valence-electron chi connectivity index (χ0n) is 12.3. The lowest BCUT2D eigenvalue weighted by atomic mass is 10.1. The average Bonchev–Trinajstić information content (AvgIpc) is 3.21. The van der Waals surface area contributed by atoms with Crippen LogP contribution in [0.15, 0.2) is 18.2 Å². The first kappa shape index (κ1) is 13.4. The van der Waals surface area contributed by atoms with Gasteiger partial charge in [0.1, 0.15) is 0 Å². The van der Waals surface area contributed by atoms with Crippen LogP contribution < -0.4 is 10.6 Å². The van der Waals surface area contributed by atoms with Crippen LogP contribution >= 0.6 is 0 Å². The fourth-order valence-electron chi connectivity index (χ4n) is 2.96. The van der Waals surface area contributed by atoms with E-state index < -0.39 is 0 Å². The van der Waals surface area contributed by atoms with E-state index in [4.69, 9.17) is 0 Å². The van der Waals surface area contributed by atoms with E-state index in [2.05, 4.69) is 22.5 Å². The van der Waals surface area contributed by atoms with Gasteiger partial charge >= 0.3 is 0 Å². The lowest BCUT2D eigenvalue weighted by Crippen LogP contribution is -2.28. The molecule has 20 heavy (non-hydrogen) atoms. The topological polar surface area (TPSA) is 44.4 Å². The molecule has 1 heterocycles. The molecule has 3 rings (SSSR count). The van der Waals surface area contributed by atoms with Crippen molar-refractivity contribution in [3.63, 3.8) is 0 Å². The Morgan fingerprint density at radius 2 is 2.10 bits per heavy atom. The molecule has 4 nitrogen and oxygen atoms in total. The first-order chi connectivity index (χ1) is 9.67. The minimum Gasteiger partial charge on any atom is -0.381 e. The molecule has 0 aromatic heterocycles. The van der Waals surface area contributed by atoms with Crippen molar-refractivity contribution in [2.75, 3.05) is 25.5 Å². The van der Waals surface area contributed by atoms with E-state index in [0.29, 0.717) is 6.04 Å². The second kappa shape index (κ2) is 5.44. The molecule has 1 atom stereocenters. The molecule has 1 saturated heterocycles. The number of aryl methyl sites for hydroxylation is 1. The Morgan fingerprint density at radius 3 is 2.80 bits per heavy atom. The highest BCUT2D eigenvalue weighted by molar-refractivity contribution is 5.95. The van der Waals surface area contributed by atoms with Crippen LogP contribution in [0, 0.1) is 6.92 Å². The van der Waals surface area contributed by atoms with E-state index in [-0.39, 0.29) is 5.91 Å². The van der Waals surface area contributed by atoms with Gasteiger partial charge in [0.05, 0.1) is 0 Å². The van der Waals surface area contributed by atoms with Crippen LogP contribution in [-0.4, -0.2) is 43.0 Å². The van der Waals surface area contributed by atoms with Crippen LogP contribution in [0.1, 0.15) is 35.2 Å². The first-order valence-electron chi connectivity index (χ1n) is 7.50. The van der Waals surface area contributed by atoms with Crippen molar-refractivity contribution in [1.82, 2.24) is 10.2 Å². The highest BCUT2D eigenvalue weighted by Crippen LogP contribution is 2.31. The summed E-state index contributed by atoms with van der Waals surface area (Å²) in [5, 5.41) is 6.30. The molecule has 0 radical (unpaired) electrons. The highest BCUT2D eigenvalue weighted by Gasteiger charge is 2.34. The lowest BCUT2D eigenvalue weighted by Gasteiger charge is -2.18. The van der Waals surface area contributed by atoms with Gasteiger partial charge in [-0.2, -0.15) is 0 Å². The number of anilines is 1. The number of hydrogen-bond acceptors (Lipinski definition) is 3. The third-order valence-electron chi connectivity index (χ3n) is 4.37. The zero-order chi connectivity index (χ0) is 14.1. The lowest BCUT2D eigenvalue weighted by molar-refractivity contribution is 0.0963. The minimum atomic E-state index is -0.0286. The number of amides is 1. The maximum Gasteiger partial charge on any atom is 0.251 e. The van der Waals surface area contributed by atoms with E-state index in [1.165, 1.54) is 31.4 Å². The largest absolute Gasteiger partial charge is 0.381 e. The third-order valence-corrected chi connectivity index (χ3v) is 4.37. The molecular weight excluding hydrogens is 250 g/mol. The molecule has 1 aromatic carbocycles. The van der Waals surface area contributed by atoms with E-state index in [9.17, 15) is 4.79 Å². The van der Waals surface area contributed by atoms with Crippen LogP contribution in [-0.2, 0) is 0 Å². The van der Waals surface area contributed by atoms with Gasteiger partial charge < -0.3 is 10.6 Å². The molecule has 1 saturated carbocycles. The van der Waals surface area contributed by atoms with E-state index in [1.807, 2.05) is 18.2 Å². The van der Waals surface area contributed by atoms with Crippen molar-refractivity contribution in [2.24, 2.45) is 0 Å². The fourth-order valence-corrected chi connectivity index (χ4v) is 2.96. The zero-order valence-corrected chi connectivity index (χ0v) is 12.3. The summed E-state index contributed by atoms with van der Waals surface area (Å²) in [5.41, 5.74) is 3.01. The van der Waals surface area contributed by atoms with Crippen molar-refractivity contribution >= 4 is 11.6 Å². The monoisotopic (exact) mass is 273 g/mol. The quantitative estimate of drug-likeness (QED) is 0.882. The first-order valence-corrected chi connectivity index (χ1v) is 7.50. The maximum atomic E-state index is 11.7.